The predicted molar refractivity (Wildman–Crippen MR) is 79.5 cm³/mol. The molecule has 1 atom stereocenters. The van der Waals surface area contributed by atoms with E-state index in [1.807, 2.05) is 31.2 Å². The minimum atomic E-state index is -0.874. The minimum Gasteiger partial charge on any atom is -0.485 e. The second-order valence-electron chi connectivity index (χ2n) is 4.61. The van der Waals surface area contributed by atoms with Crippen LogP contribution in [0.25, 0.3) is 0 Å². The molecule has 1 aromatic heterocycles. The van der Waals surface area contributed by atoms with Crippen LogP contribution in [0.2, 0.25) is 0 Å². The number of rotatable bonds is 6. The van der Waals surface area contributed by atoms with Crippen LogP contribution in [0.3, 0.4) is 0 Å². The van der Waals surface area contributed by atoms with Gasteiger partial charge in [-0.25, -0.2) is 0 Å². The summed E-state index contributed by atoms with van der Waals surface area (Å²) in [6, 6.07) is 7.73. The maximum absolute atomic E-state index is 10.9. The molecule has 0 radical (unpaired) electrons. The molecule has 21 heavy (non-hydrogen) atoms. The molecule has 0 aliphatic rings. The van der Waals surface area contributed by atoms with Gasteiger partial charge < -0.3 is 14.4 Å². The maximum Gasteiger partial charge on any atom is 0.316 e. The summed E-state index contributed by atoms with van der Waals surface area (Å²) in [5, 5.41) is 17.0. The average Bonchev–Trinajstić information content (AvgIpc) is 2.79. The fourth-order valence-corrected chi connectivity index (χ4v) is 2.41. The van der Waals surface area contributed by atoms with Crippen LogP contribution in [-0.4, -0.2) is 31.1 Å². The first-order chi connectivity index (χ1) is 9.99. The topological polar surface area (TPSA) is 77.2 Å². The van der Waals surface area contributed by atoms with Crippen LogP contribution in [0.5, 0.6) is 5.75 Å². The standard InChI is InChI=1S/C14H17N3O3S/c1-9-6-4-5-7-11(9)20-8-12-15-16-14(17(12)3)21-10(2)13(18)19/h4-7,10H,8H2,1-3H3,(H,18,19)/t10-/m0/s1. The number of carboxylic acids is 1. The molecule has 112 valence electrons. The van der Waals surface area contributed by atoms with Crippen LogP contribution in [0.4, 0.5) is 0 Å². The molecule has 1 N–H and O–H groups in total. The lowest BCUT2D eigenvalue weighted by atomic mass is 10.2. The van der Waals surface area contributed by atoms with E-state index in [4.69, 9.17) is 9.84 Å². The van der Waals surface area contributed by atoms with Gasteiger partial charge in [0.15, 0.2) is 11.0 Å². The molecule has 0 spiro atoms. The molecule has 6 nitrogen and oxygen atoms in total. The van der Waals surface area contributed by atoms with E-state index < -0.39 is 11.2 Å². The van der Waals surface area contributed by atoms with Crippen molar-refractivity contribution in [3.05, 3.63) is 35.7 Å². The molecule has 0 bridgehead atoms. The Hall–Kier alpha value is -2.02. The van der Waals surface area contributed by atoms with E-state index >= 15 is 0 Å². The molecule has 2 rings (SSSR count). The Labute approximate surface area is 127 Å². The van der Waals surface area contributed by atoms with Gasteiger partial charge in [-0.15, -0.1) is 10.2 Å². The Balaban J connectivity index is 2.04. The summed E-state index contributed by atoms with van der Waals surface area (Å²) in [4.78, 5) is 10.9. The Kier molecular flexibility index (Phi) is 4.85. The number of hydrogen-bond donors (Lipinski definition) is 1. The smallest absolute Gasteiger partial charge is 0.316 e. The number of nitrogens with zero attached hydrogens (tertiary/aromatic N) is 3. The number of aromatic nitrogens is 3. The normalized spacial score (nSPS) is 12.1. The van der Waals surface area contributed by atoms with Crippen molar-refractivity contribution in [1.82, 2.24) is 14.8 Å². The number of thioether (sulfide) groups is 1. The number of para-hydroxylation sites is 1. The molecule has 0 aliphatic carbocycles. The van der Waals surface area contributed by atoms with E-state index in [9.17, 15) is 4.79 Å². The molecule has 0 unspecified atom stereocenters. The highest BCUT2D eigenvalue weighted by atomic mass is 32.2. The molecular formula is C14H17N3O3S. The third-order valence-corrected chi connectivity index (χ3v) is 4.13. The first kappa shape index (κ1) is 15.4. The Morgan fingerprint density at radius 3 is 2.81 bits per heavy atom. The van der Waals surface area contributed by atoms with Crippen LogP contribution < -0.4 is 4.74 Å². The fourth-order valence-electron chi connectivity index (χ4n) is 1.64. The lowest BCUT2D eigenvalue weighted by Gasteiger charge is -2.09. The second-order valence-corrected chi connectivity index (χ2v) is 5.92. The largest absolute Gasteiger partial charge is 0.485 e. The van der Waals surface area contributed by atoms with Gasteiger partial charge in [0.2, 0.25) is 0 Å². The zero-order valence-electron chi connectivity index (χ0n) is 12.1. The average molecular weight is 307 g/mol. The zero-order valence-corrected chi connectivity index (χ0v) is 12.9. The first-order valence-electron chi connectivity index (χ1n) is 6.45. The molecule has 7 heteroatoms. The summed E-state index contributed by atoms with van der Waals surface area (Å²) in [5.41, 5.74) is 1.05. The van der Waals surface area contributed by atoms with E-state index in [1.165, 1.54) is 0 Å². The van der Waals surface area contributed by atoms with Gasteiger partial charge in [-0.3, -0.25) is 4.79 Å². The number of carbonyl (C=O) groups is 1. The van der Waals surface area contributed by atoms with Crippen molar-refractivity contribution >= 4 is 17.7 Å². The van der Waals surface area contributed by atoms with Gasteiger partial charge >= 0.3 is 5.97 Å². The third kappa shape index (κ3) is 3.75. The van der Waals surface area contributed by atoms with Crippen molar-refractivity contribution in [2.45, 2.75) is 30.9 Å². The van der Waals surface area contributed by atoms with Gasteiger partial charge in [0.1, 0.15) is 17.6 Å². The SMILES string of the molecule is Cc1ccccc1OCc1nnc(S[C@@H](C)C(=O)O)n1C. The first-order valence-corrected chi connectivity index (χ1v) is 7.33. The van der Waals surface area contributed by atoms with Gasteiger partial charge in [-0.05, 0) is 25.5 Å². The minimum absolute atomic E-state index is 0.288. The quantitative estimate of drug-likeness (QED) is 0.825. The van der Waals surface area contributed by atoms with Gasteiger partial charge in [-0.2, -0.15) is 0 Å². The van der Waals surface area contributed by atoms with E-state index in [0.717, 1.165) is 23.1 Å². The Bertz CT molecular complexity index is 642. The lowest BCUT2D eigenvalue weighted by Crippen LogP contribution is -2.12. The molecular weight excluding hydrogens is 290 g/mol. The molecule has 0 amide bonds. The summed E-state index contributed by atoms with van der Waals surface area (Å²) in [7, 11) is 1.80. The summed E-state index contributed by atoms with van der Waals surface area (Å²) in [6.45, 7) is 3.88. The van der Waals surface area contributed by atoms with Crippen LogP contribution in [0.15, 0.2) is 29.4 Å². The number of aliphatic carboxylic acids is 1. The summed E-state index contributed by atoms with van der Waals surface area (Å²) >= 11 is 1.16. The molecule has 1 aromatic carbocycles. The highest BCUT2D eigenvalue weighted by Gasteiger charge is 2.18. The van der Waals surface area contributed by atoms with Gasteiger partial charge in [-0.1, -0.05) is 30.0 Å². The molecule has 0 saturated heterocycles. The third-order valence-electron chi connectivity index (χ3n) is 3.01. The Morgan fingerprint density at radius 1 is 1.43 bits per heavy atom. The van der Waals surface area contributed by atoms with Crippen molar-refractivity contribution in [3.8, 4) is 5.75 Å². The Morgan fingerprint density at radius 2 is 2.14 bits per heavy atom. The van der Waals surface area contributed by atoms with Crippen molar-refractivity contribution in [3.63, 3.8) is 0 Å². The molecule has 2 aromatic rings. The number of ether oxygens (including phenoxy) is 1. The van der Waals surface area contributed by atoms with Gasteiger partial charge in [0.05, 0.1) is 0 Å². The van der Waals surface area contributed by atoms with E-state index in [0.29, 0.717) is 11.0 Å². The number of hydrogen-bond acceptors (Lipinski definition) is 5. The van der Waals surface area contributed by atoms with Crippen molar-refractivity contribution < 1.29 is 14.6 Å². The summed E-state index contributed by atoms with van der Waals surface area (Å²) in [5.74, 6) is 0.577. The van der Waals surface area contributed by atoms with E-state index in [1.54, 1.807) is 18.5 Å². The van der Waals surface area contributed by atoms with Crippen LogP contribution >= 0.6 is 11.8 Å². The predicted octanol–water partition coefficient (Wildman–Crippen LogP) is 2.27. The van der Waals surface area contributed by atoms with Crippen LogP contribution in [0, 0.1) is 6.92 Å². The zero-order chi connectivity index (χ0) is 15.4. The fraction of sp³-hybridized carbons (Fsp3) is 0.357. The monoisotopic (exact) mass is 307 g/mol. The lowest BCUT2D eigenvalue weighted by molar-refractivity contribution is -0.136. The highest BCUT2D eigenvalue weighted by molar-refractivity contribution is 8.00. The highest BCUT2D eigenvalue weighted by Crippen LogP contribution is 2.22. The summed E-state index contributed by atoms with van der Waals surface area (Å²) < 4.78 is 7.47. The molecule has 1 heterocycles. The molecule has 0 aliphatic heterocycles. The van der Waals surface area contributed by atoms with Gasteiger partial charge in [0.25, 0.3) is 0 Å². The number of benzene rings is 1. The van der Waals surface area contributed by atoms with E-state index in [-0.39, 0.29) is 6.61 Å². The summed E-state index contributed by atoms with van der Waals surface area (Å²) in [6.07, 6.45) is 0. The number of aryl methyl sites for hydroxylation is 1. The van der Waals surface area contributed by atoms with Crippen molar-refractivity contribution in [2.75, 3.05) is 0 Å². The second kappa shape index (κ2) is 6.62. The van der Waals surface area contributed by atoms with E-state index in [2.05, 4.69) is 10.2 Å². The molecule has 0 fully saturated rings. The van der Waals surface area contributed by atoms with Crippen molar-refractivity contribution in [2.24, 2.45) is 7.05 Å². The van der Waals surface area contributed by atoms with Gasteiger partial charge in [0, 0.05) is 7.05 Å². The number of carboxylic acid groups (broad SMARTS) is 1. The maximum atomic E-state index is 10.9. The van der Waals surface area contributed by atoms with Crippen LogP contribution in [-0.2, 0) is 18.4 Å². The molecule has 0 saturated carbocycles. The van der Waals surface area contributed by atoms with Crippen LogP contribution in [0.1, 0.15) is 18.3 Å². The van der Waals surface area contributed by atoms with Crippen molar-refractivity contribution in [1.29, 1.82) is 0 Å².